The number of nitrogens with two attached hydrogens (primary N) is 1. The van der Waals surface area contributed by atoms with Crippen molar-refractivity contribution < 1.29 is 22.7 Å². The molecule has 1 rings (SSSR count). The van der Waals surface area contributed by atoms with Gasteiger partial charge in [-0.2, -0.15) is 0 Å². The smallest absolute Gasteiger partial charge is 0.398 e. The number of pyridine rings is 1. The molecular formula is C7H4ClF3N2O2. The Hall–Kier alpha value is -1.50. The van der Waals surface area contributed by atoms with Crippen LogP contribution in [0.1, 0.15) is 10.4 Å². The second-order valence-corrected chi connectivity index (χ2v) is 2.75. The Bertz CT molecular complexity index is 394. The summed E-state index contributed by atoms with van der Waals surface area (Å²) >= 11 is 5.04. The fourth-order valence-electron chi connectivity index (χ4n) is 0.841. The molecule has 15 heavy (non-hydrogen) atoms. The minimum Gasteiger partial charge on any atom is -0.398 e. The van der Waals surface area contributed by atoms with E-state index in [-0.39, 0.29) is 5.69 Å². The zero-order chi connectivity index (χ0) is 11.6. The molecule has 0 aliphatic carbocycles. The predicted molar refractivity (Wildman–Crippen MR) is 45.5 cm³/mol. The summed E-state index contributed by atoms with van der Waals surface area (Å²) in [7, 11) is 0. The number of hydrogen-bond donors (Lipinski definition) is 1. The molecule has 0 atom stereocenters. The topological polar surface area (TPSA) is 65.2 Å². The molecule has 0 bridgehead atoms. The number of nitrogens with zero attached hydrogens (tertiary/aromatic N) is 1. The normalized spacial score (nSPS) is 11.2. The van der Waals surface area contributed by atoms with Crippen molar-refractivity contribution in [2.45, 2.75) is 6.36 Å². The Morgan fingerprint density at radius 1 is 1.53 bits per heavy atom. The van der Waals surface area contributed by atoms with Crippen molar-refractivity contribution in [3.63, 3.8) is 0 Å². The molecule has 0 unspecified atom stereocenters. The van der Waals surface area contributed by atoms with Gasteiger partial charge >= 0.3 is 6.36 Å². The third-order valence-electron chi connectivity index (χ3n) is 1.36. The SMILES string of the molecule is Nc1ccnc(OC(F)(F)F)c1C(=O)Cl. The van der Waals surface area contributed by atoms with Crippen molar-refractivity contribution in [3.05, 3.63) is 17.8 Å². The zero-order valence-electron chi connectivity index (χ0n) is 7.01. The Balaban J connectivity index is 3.18. The molecule has 0 aromatic carbocycles. The maximum atomic E-state index is 11.9. The van der Waals surface area contributed by atoms with E-state index in [1.807, 2.05) is 0 Å². The number of alkyl halides is 3. The van der Waals surface area contributed by atoms with E-state index in [2.05, 4.69) is 9.72 Å². The molecule has 0 aliphatic rings. The molecule has 82 valence electrons. The van der Waals surface area contributed by atoms with Crippen LogP contribution in [0.25, 0.3) is 0 Å². The highest BCUT2D eigenvalue weighted by molar-refractivity contribution is 6.68. The average Bonchev–Trinajstić information content (AvgIpc) is 1.99. The average molecular weight is 241 g/mol. The van der Waals surface area contributed by atoms with Gasteiger partial charge in [-0.15, -0.1) is 13.2 Å². The number of nitrogen functional groups attached to an aromatic ring is 1. The lowest BCUT2D eigenvalue weighted by atomic mass is 10.2. The van der Waals surface area contributed by atoms with Gasteiger partial charge in [0.1, 0.15) is 5.56 Å². The van der Waals surface area contributed by atoms with Crippen LogP contribution >= 0.6 is 11.6 Å². The van der Waals surface area contributed by atoms with E-state index >= 15 is 0 Å². The van der Waals surface area contributed by atoms with Crippen LogP contribution in [0.5, 0.6) is 5.88 Å². The summed E-state index contributed by atoms with van der Waals surface area (Å²) in [6, 6.07) is 1.14. The van der Waals surface area contributed by atoms with Gasteiger partial charge in [0.25, 0.3) is 5.24 Å². The van der Waals surface area contributed by atoms with Gasteiger partial charge in [-0.1, -0.05) is 0 Å². The van der Waals surface area contributed by atoms with Crippen LogP contribution in [0.2, 0.25) is 0 Å². The Kier molecular flexibility index (Phi) is 3.04. The summed E-state index contributed by atoms with van der Waals surface area (Å²) < 4.78 is 39.1. The van der Waals surface area contributed by atoms with Crippen LogP contribution in [-0.4, -0.2) is 16.6 Å². The van der Waals surface area contributed by atoms with Crippen molar-refractivity contribution in [1.29, 1.82) is 0 Å². The van der Waals surface area contributed by atoms with E-state index in [0.29, 0.717) is 0 Å². The number of aromatic nitrogens is 1. The van der Waals surface area contributed by atoms with Crippen LogP contribution in [0.3, 0.4) is 0 Å². The molecule has 1 heterocycles. The van der Waals surface area contributed by atoms with Crippen LogP contribution < -0.4 is 10.5 Å². The standard InChI is InChI=1S/C7H4ClF3N2O2/c8-5(14)4-3(12)1-2-13-6(4)15-7(9,10)11/h1-2H,(H2,12,13). The van der Waals surface area contributed by atoms with Gasteiger partial charge < -0.3 is 10.5 Å². The fraction of sp³-hybridized carbons (Fsp3) is 0.143. The lowest BCUT2D eigenvalue weighted by Gasteiger charge is -2.10. The van der Waals surface area contributed by atoms with Gasteiger partial charge in [0.05, 0.1) is 5.69 Å². The van der Waals surface area contributed by atoms with E-state index in [1.165, 1.54) is 0 Å². The Labute approximate surface area is 86.8 Å². The van der Waals surface area contributed by atoms with Crippen molar-refractivity contribution in [3.8, 4) is 5.88 Å². The molecule has 0 aliphatic heterocycles. The number of rotatable bonds is 2. The highest BCUT2D eigenvalue weighted by Gasteiger charge is 2.34. The number of ether oxygens (including phenoxy) is 1. The van der Waals surface area contributed by atoms with Crippen molar-refractivity contribution in [1.82, 2.24) is 4.98 Å². The first-order valence-electron chi connectivity index (χ1n) is 3.51. The summed E-state index contributed by atoms with van der Waals surface area (Å²) in [6.45, 7) is 0. The minimum atomic E-state index is -4.96. The molecule has 4 nitrogen and oxygen atoms in total. The van der Waals surface area contributed by atoms with Gasteiger partial charge in [0.2, 0.25) is 5.88 Å². The fourth-order valence-corrected chi connectivity index (χ4v) is 1.03. The highest BCUT2D eigenvalue weighted by atomic mass is 35.5. The predicted octanol–water partition coefficient (Wildman–Crippen LogP) is 1.94. The van der Waals surface area contributed by atoms with Gasteiger partial charge in [0.15, 0.2) is 0 Å². The Morgan fingerprint density at radius 2 is 2.13 bits per heavy atom. The van der Waals surface area contributed by atoms with Gasteiger partial charge in [-0.05, 0) is 17.7 Å². The molecule has 0 saturated carbocycles. The first-order valence-corrected chi connectivity index (χ1v) is 3.89. The molecule has 0 fully saturated rings. The number of carbonyl (C=O) groups excluding carboxylic acids is 1. The lowest BCUT2D eigenvalue weighted by molar-refractivity contribution is -0.276. The zero-order valence-corrected chi connectivity index (χ0v) is 7.76. The molecule has 0 amide bonds. The molecule has 0 radical (unpaired) electrons. The Morgan fingerprint density at radius 3 is 2.60 bits per heavy atom. The van der Waals surface area contributed by atoms with E-state index in [1.54, 1.807) is 0 Å². The maximum absolute atomic E-state index is 11.9. The summed E-state index contributed by atoms with van der Waals surface area (Å²) in [5.41, 5.74) is 4.42. The van der Waals surface area contributed by atoms with Crippen LogP contribution in [-0.2, 0) is 0 Å². The van der Waals surface area contributed by atoms with E-state index in [4.69, 9.17) is 17.3 Å². The molecule has 2 N–H and O–H groups in total. The van der Waals surface area contributed by atoms with Crippen LogP contribution in [0.4, 0.5) is 18.9 Å². The molecule has 1 aromatic heterocycles. The number of hydrogen-bond acceptors (Lipinski definition) is 4. The maximum Gasteiger partial charge on any atom is 0.574 e. The second kappa shape index (κ2) is 3.93. The summed E-state index contributed by atoms with van der Waals surface area (Å²) in [4.78, 5) is 14.0. The summed E-state index contributed by atoms with van der Waals surface area (Å²) in [5, 5.41) is -1.17. The van der Waals surface area contributed by atoms with E-state index in [0.717, 1.165) is 12.3 Å². The van der Waals surface area contributed by atoms with Crippen LogP contribution in [0.15, 0.2) is 12.3 Å². The largest absolute Gasteiger partial charge is 0.574 e. The van der Waals surface area contributed by atoms with Crippen molar-refractivity contribution >= 4 is 22.5 Å². The first-order chi connectivity index (χ1) is 6.81. The van der Waals surface area contributed by atoms with E-state index in [9.17, 15) is 18.0 Å². The summed E-state index contributed by atoms with van der Waals surface area (Å²) in [6.07, 6.45) is -3.98. The monoisotopic (exact) mass is 240 g/mol. The number of halogens is 4. The number of anilines is 1. The minimum absolute atomic E-state index is 0.232. The quantitative estimate of drug-likeness (QED) is 0.803. The third-order valence-corrected chi connectivity index (χ3v) is 1.55. The molecule has 1 aromatic rings. The van der Waals surface area contributed by atoms with Gasteiger partial charge in [-0.25, -0.2) is 4.98 Å². The van der Waals surface area contributed by atoms with Crippen LogP contribution in [0, 0.1) is 0 Å². The second-order valence-electron chi connectivity index (χ2n) is 2.40. The third kappa shape index (κ3) is 2.98. The van der Waals surface area contributed by atoms with Gasteiger partial charge in [-0.3, -0.25) is 4.79 Å². The molecular weight excluding hydrogens is 237 g/mol. The molecule has 8 heteroatoms. The molecule has 0 saturated heterocycles. The lowest BCUT2D eigenvalue weighted by Crippen LogP contribution is -2.20. The van der Waals surface area contributed by atoms with Gasteiger partial charge in [0, 0.05) is 6.20 Å². The van der Waals surface area contributed by atoms with E-state index < -0.39 is 23.0 Å². The molecule has 0 spiro atoms. The first kappa shape index (κ1) is 11.6. The highest BCUT2D eigenvalue weighted by Crippen LogP contribution is 2.28. The number of carbonyl (C=O) groups is 1. The van der Waals surface area contributed by atoms with Crippen molar-refractivity contribution in [2.24, 2.45) is 0 Å². The summed E-state index contributed by atoms with van der Waals surface area (Å²) in [5.74, 6) is -0.956. The van der Waals surface area contributed by atoms with Crippen molar-refractivity contribution in [2.75, 3.05) is 5.73 Å².